The minimum atomic E-state index is -4.21. The van der Waals surface area contributed by atoms with Crippen LogP contribution in [-0.4, -0.2) is 44.8 Å². The molecule has 1 atom stereocenters. The average Bonchev–Trinajstić information content (AvgIpc) is 2.88. The molecular formula is C26H27Cl2N3O4S. The second kappa shape index (κ2) is 11.8. The van der Waals surface area contributed by atoms with Gasteiger partial charge in [0.25, 0.3) is 10.0 Å². The number of carbonyl (C=O) groups is 2. The number of aryl methyl sites for hydroxylation is 1. The molecule has 1 N–H and O–H groups in total. The Hall–Kier alpha value is -3.07. The smallest absolute Gasteiger partial charge is 0.264 e. The lowest BCUT2D eigenvalue weighted by Gasteiger charge is -2.32. The number of rotatable bonds is 9. The van der Waals surface area contributed by atoms with E-state index in [1.807, 2.05) is 31.2 Å². The fraction of sp³-hybridized carbons (Fsp3) is 0.231. The van der Waals surface area contributed by atoms with Gasteiger partial charge in [0, 0.05) is 13.6 Å². The van der Waals surface area contributed by atoms with E-state index in [1.54, 1.807) is 31.2 Å². The van der Waals surface area contributed by atoms with E-state index >= 15 is 0 Å². The van der Waals surface area contributed by atoms with Crippen molar-refractivity contribution < 1.29 is 18.0 Å². The van der Waals surface area contributed by atoms with Crippen molar-refractivity contribution in [3.8, 4) is 0 Å². The van der Waals surface area contributed by atoms with Gasteiger partial charge in [-0.05, 0) is 43.7 Å². The van der Waals surface area contributed by atoms with Crippen LogP contribution in [0.15, 0.2) is 77.7 Å². The molecule has 0 saturated heterocycles. The standard InChI is InChI=1S/C26H27Cl2N3O4S/c1-18-12-14-20(15-13-18)16-30(19(2)26(33)29-3)24(32)17-31(23-11-7-10-22(27)25(23)28)36(34,35)21-8-5-4-6-9-21/h4-15,19H,16-17H2,1-3H3,(H,29,33)/t19-/m1/s1. The van der Waals surface area contributed by atoms with Gasteiger partial charge in [-0.1, -0.05) is 77.3 Å². The van der Waals surface area contributed by atoms with Crippen molar-refractivity contribution in [3.05, 3.63) is 94.0 Å². The Morgan fingerprint density at radius 3 is 2.19 bits per heavy atom. The SMILES string of the molecule is CNC(=O)[C@@H](C)N(Cc1ccc(C)cc1)C(=O)CN(c1cccc(Cl)c1Cl)S(=O)(=O)c1ccccc1. The van der Waals surface area contributed by atoms with Crippen LogP contribution in [0.1, 0.15) is 18.1 Å². The summed E-state index contributed by atoms with van der Waals surface area (Å²) < 4.78 is 28.3. The van der Waals surface area contributed by atoms with Crippen molar-refractivity contribution in [1.82, 2.24) is 10.2 Å². The van der Waals surface area contributed by atoms with Crippen molar-refractivity contribution in [1.29, 1.82) is 0 Å². The lowest BCUT2D eigenvalue weighted by Crippen LogP contribution is -2.50. The molecule has 0 radical (unpaired) electrons. The van der Waals surface area contributed by atoms with Crippen LogP contribution in [0.3, 0.4) is 0 Å². The molecule has 0 saturated carbocycles. The summed E-state index contributed by atoms with van der Waals surface area (Å²) in [5.41, 5.74) is 1.90. The zero-order chi connectivity index (χ0) is 26.5. The second-order valence-electron chi connectivity index (χ2n) is 8.20. The van der Waals surface area contributed by atoms with Gasteiger partial charge in [-0.15, -0.1) is 0 Å². The first kappa shape index (κ1) is 27.5. The zero-order valence-electron chi connectivity index (χ0n) is 20.1. The minimum Gasteiger partial charge on any atom is -0.357 e. The Balaban J connectivity index is 2.06. The normalized spacial score (nSPS) is 12.0. The number of sulfonamides is 1. The van der Waals surface area contributed by atoms with E-state index in [9.17, 15) is 18.0 Å². The summed E-state index contributed by atoms with van der Waals surface area (Å²) in [5.74, 6) is -0.962. The van der Waals surface area contributed by atoms with Crippen molar-refractivity contribution in [3.63, 3.8) is 0 Å². The quantitative estimate of drug-likeness (QED) is 0.422. The first-order valence-electron chi connectivity index (χ1n) is 11.1. The van der Waals surface area contributed by atoms with E-state index in [0.29, 0.717) is 0 Å². The van der Waals surface area contributed by atoms with Crippen LogP contribution in [0.2, 0.25) is 10.0 Å². The fourth-order valence-corrected chi connectivity index (χ4v) is 5.49. The van der Waals surface area contributed by atoms with E-state index < -0.39 is 28.5 Å². The van der Waals surface area contributed by atoms with Gasteiger partial charge in [0.2, 0.25) is 11.8 Å². The molecule has 10 heteroatoms. The molecule has 2 amide bonds. The molecule has 3 aromatic carbocycles. The number of amides is 2. The number of likely N-dealkylation sites (N-methyl/N-ethyl adjacent to an activating group) is 1. The molecule has 190 valence electrons. The maximum atomic E-state index is 13.7. The Labute approximate surface area is 221 Å². The first-order chi connectivity index (χ1) is 17.1. The topological polar surface area (TPSA) is 86.8 Å². The molecule has 0 unspecified atom stereocenters. The number of anilines is 1. The van der Waals surface area contributed by atoms with Crippen molar-refractivity contribution >= 4 is 50.7 Å². The summed E-state index contributed by atoms with van der Waals surface area (Å²) in [5, 5.41) is 2.69. The Morgan fingerprint density at radius 1 is 0.944 bits per heavy atom. The predicted molar refractivity (Wildman–Crippen MR) is 143 cm³/mol. The highest BCUT2D eigenvalue weighted by atomic mass is 35.5. The van der Waals surface area contributed by atoms with Gasteiger partial charge in [-0.2, -0.15) is 0 Å². The van der Waals surface area contributed by atoms with Gasteiger partial charge >= 0.3 is 0 Å². The third-order valence-electron chi connectivity index (χ3n) is 5.70. The average molecular weight is 548 g/mol. The molecule has 0 spiro atoms. The fourth-order valence-electron chi connectivity index (χ4n) is 3.60. The van der Waals surface area contributed by atoms with Gasteiger partial charge in [0.05, 0.1) is 20.6 Å². The predicted octanol–water partition coefficient (Wildman–Crippen LogP) is 4.66. The second-order valence-corrected chi connectivity index (χ2v) is 10.8. The van der Waals surface area contributed by atoms with Gasteiger partial charge in [0.1, 0.15) is 12.6 Å². The molecule has 0 bridgehead atoms. The highest BCUT2D eigenvalue weighted by Gasteiger charge is 2.33. The van der Waals surface area contributed by atoms with Crippen molar-refractivity contribution in [2.45, 2.75) is 31.3 Å². The van der Waals surface area contributed by atoms with Gasteiger partial charge < -0.3 is 10.2 Å². The van der Waals surface area contributed by atoms with Crippen molar-refractivity contribution in [2.24, 2.45) is 0 Å². The highest BCUT2D eigenvalue weighted by Crippen LogP contribution is 2.35. The molecule has 0 aliphatic heterocycles. The summed E-state index contributed by atoms with van der Waals surface area (Å²) in [7, 11) is -2.73. The Bertz CT molecular complexity index is 1330. The summed E-state index contributed by atoms with van der Waals surface area (Å²) in [4.78, 5) is 27.5. The Morgan fingerprint density at radius 2 is 1.58 bits per heavy atom. The molecule has 0 aromatic heterocycles. The van der Waals surface area contributed by atoms with Gasteiger partial charge in [0.15, 0.2) is 0 Å². The van der Waals surface area contributed by atoms with Crippen molar-refractivity contribution in [2.75, 3.05) is 17.9 Å². The van der Waals surface area contributed by atoms with Crippen LogP contribution >= 0.6 is 23.2 Å². The van der Waals surface area contributed by atoms with E-state index in [2.05, 4.69) is 5.32 Å². The molecule has 36 heavy (non-hydrogen) atoms. The molecule has 7 nitrogen and oxygen atoms in total. The number of nitrogens with zero attached hydrogens (tertiary/aromatic N) is 2. The molecular weight excluding hydrogens is 521 g/mol. The number of nitrogens with one attached hydrogen (secondary N) is 1. The van der Waals surface area contributed by atoms with Crippen LogP contribution in [0.5, 0.6) is 0 Å². The third-order valence-corrected chi connectivity index (χ3v) is 8.28. The number of carbonyl (C=O) groups excluding carboxylic acids is 2. The molecule has 0 aliphatic carbocycles. The highest BCUT2D eigenvalue weighted by molar-refractivity contribution is 7.92. The summed E-state index contributed by atoms with van der Waals surface area (Å²) in [6, 6.07) is 19.0. The largest absolute Gasteiger partial charge is 0.357 e. The number of hydrogen-bond donors (Lipinski definition) is 1. The number of benzene rings is 3. The lowest BCUT2D eigenvalue weighted by atomic mass is 10.1. The minimum absolute atomic E-state index is 0.00379. The zero-order valence-corrected chi connectivity index (χ0v) is 22.4. The summed E-state index contributed by atoms with van der Waals surface area (Å²) in [6.45, 7) is 3.05. The van der Waals surface area contributed by atoms with Crippen LogP contribution in [0.25, 0.3) is 0 Å². The monoisotopic (exact) mass is 547 g/mol. The van der Waals surface area contributed by atoms with Crippen LogP contribution in [0, 0.1) is 6.92 Å². The molecule has 0 heterocycles. The molecule has 3 rings (SSSR count). The maximum absolute atomic E-state index is 13.7. The van der Waals surface area contributed by atoms with E-state index in [4.69, 9.17) is 23.2 Å². The number of hydrogen-bond acceptors (Lipinski definition) is 4. The molecule has 0 aliphatic rings. The maximum Gasteiger partial charge on any atom is 0.264 e. The lowest BCUT2D eigenvalue weighted by molar-refractivity contribution is -0.139. The Kier molecular flexibility index (Phi) is 9.00. The van der Waals surface area contributed by atoms with Crippen LogP contribution in [-0.2, 0) is 26.2 Å². The van der Waals surface area contributed by atoms with Gasteiger partial charge in [-0.25, -0.2) is 8.42 Å². The number of halogens is 2. The van der Waals surface area contributed by atoms with E-state index in [-0.39, 0.29) is 33.1 Å². The van der Waals surface area contributed by atoms with Gasteiger partial charge in [-0.3, -0.25) is 13.9 Å². The van der Waals surface area contributed by atoms with E-state index in [1.165, 1.54) is 36.2 Å². The van der Waals surface area contributed by atoms with Crippen LogP contribution < -0.4 is 9.62 Å². The first-order valence-corrected chi connectivity index (χ1v) is 13.3. The molecule has 3 aromatic rings. The summed E-state index contributed by atoms with van der Waals surface area (Å²) in [6.07, 6.45) is 0. The van der Waals surface area contributed by atoms with E-state index in [0.717, 1.165) is 15.4 Å². The molecule has 0 fully saturated rings. The van der Waals surface area contributed by atoms with Crippen LogP contribution in [0.4, 0.5) is 5.69 Å². The summed E-state index contributed by atoms with van der Waals surface area (Å²) >= 11 is 12.6. The third kappa shape index (κ3) is 6.19.